The summed E-state index contributed by atoms with van der Waals surface area (Å²) in [6.45, 7) is 2.60. The number of benzene rings is 1. The molecule has 0 aromatic heterocycles. The number of nitrogens with one attached hydrogen (secondary N) is 1. The quantitative estimate of drug-likeness (QED) is 0.852. The highest BCUT2D eigenvalue weighted by atomic mass is 35.5. The highest BCUT2D eigenvalue weighted by Gasteiger charge is 2.28. The molecular formula is C13H16ClNOS. The molecular weight excluding hydrogens is 254 g/mol. The number of hydrogen-bond donors (Lipinski definition) is 1. The predicted octanol–water partition coefficient (Wildman–Crippen LogP) is 3.01. The molecule has 1 aromatic carbocycles. The molecule has 92 valence electrons. The van der Waals surface area contributed by atoms with Gasteiger partial charge in [-0.25, -0.2) is 0 Å². The summed E-state index contributed by atoms with van der Waals surface area (Å²) in [5.74, 6) is 0.975. The molecule has 0 radical (unpaired) electrons. The molecule has 1 amide bonds. The smallest absolute Gasteiger partial charge is 0.228 e. The van der Waals surface area contributed by atoms with Crippen LogP contribution < -0.4 is 5.32 Å². The van der Waals surface area contributed by atoms with Gasteiger partial charge in [0.1, 0.15) is 0 Å². The zero-order chi connectivity index (χ0) is 12.3. The fourth-order valence-corrected chi connectivity index (χ4v) is 3.24. The van der Waals surface area contributed by atoms with E-state index in [1.165, 1.54) is 4.90 Å². The van der Waals surface area contributed by atoms with Crippen molar-refractivity contribution in [3.8, 4) is 0 Å². The Morgan fingerprint density at radius 2 is 2.35 bits per heavy atom. The minimum Gasteiger partial charge on any atom is -0.355 e. The van der Waals surface area contributed by atoms with Crippen molar-refractivity contribution in [1.29, 1.82) is 0 Å². The van der Waals surface area contributed by atoms with E-state index in [1.54, 1.807) is 11.8 Å². The van der Waals surface area contributed by atoms with E-state index in [4.69, 9.17) is 11.6 Å². The van der Waals surface area contributed by atoms with E-state index in [1.807, 2.05) is 25.1 Å². The summed E-state index contributed by atoms with van der Waals surface area (Å²) in [5, 5.41) is 3.07. The molecule has 4 heteroatoms. The number of hydrogen-bond acceptors (Lipinski definition) is 2. The maximum absolute atomic E-state index is 12.0. The molecule has 0 spiro atoms. The van der Waals surface area contributed by atoms with Crippen LogP contribution in [-0.2, 0) is 4.79 Å². The van der Waals surface area contributed by atoms with Crippen LogP contribution in [0, 0.1) is 0 Å². The lowest BCUT2D eigenvalue weighted by Crippen LogP contribution is -2.31. The lowest BCUT2D eigenvalue weighted by molar-refractivity contribution is -0.122. The highest BCUT2D eigenvalue weighted by molar-refractivity contribution is 7.99. The molecule has 2 rings (SSSR count). The van der Waals surface area contributed by atoms with Gasteiger partial charge in [0, 0.05) is 22.6 Å². The van der Waals surface area contributed by atoms with E-state index in [0.29, 0.717) is 6.54 Å². The van der Waals surface area contributed by atoms with Gasteiger partial charge < -0.3 is 5.32 Å². The number of amides is 1. The number of carbonyl (C=O) groups is 1. The van der Waals surface area contributed by atoms with Crippen LogP contribution in [-0.4, -0.2) is 23.6 Å². The normalized spacial score (nSPS) is 19.8. The summed E-state index contributed by atoms with van der Waals surface area (Å²) in [5.41, 5.74) is 1.16. The van der Waals surface area contributed by atoms with Gasteiger partial charge in [-0.1, -0.05) is 18.2 Å². The van der Waals surface area contributed by atoms with E-state index in [9.17, 15) is 4.79 Å². The first-order valence-corrected chi connectivity index (χ1v) is 7.24. The molecule has 2 unspecified atom stereocenters. The van der Waals surface area contributed by atoms with E-state index >= 15 is 0 Å². The van der Waals surface area contributed by atoms with Crippen molar-refractivity contribution in [1.82, 2.24) is 5.32 Å². The van der Waals surface area contributed by atoms with E-state index in [-0.39, 0.29) is 17.2 Å². The second kappa shape index (κ2) is 5.78. The second-order valence-corrected chi connectivity index (χ2v) is 6.07. The zero-order valence-electron chi connectivity index (χ0n) is 9.78. The van der Waals surface area contributed by atoms with Crippen LogP contribution in [0.4, 0.5) is 0 Å². The third-order valence-electron chi connectivity index (χ3n) is 2.86. The number of alkyl halides is 1. The van der Waals surface area contributed by atoms with Crippen LogP contribution in [0.15, 0.2) is 29.2 Å². The third kappa shape index (κ3) is 3.17. The van der Waals surface area contributed by atoms with Crippen molar-refractivity contribution >= 4 is 29.3 Å². The summed E-state index contributed by atoms with van der Waals surface area (Å²) in [6, 6.07) is 8.13. The Morgan fingerprint density at radius 3 is 3.12 bits per heavy atom. The van der Waals surface area contributed by atoms with Gasteiger partial charge in [0.05, 0.1) is 5.92 Å². The minimum absolute atomic E-state index is 0.00170. The molecule has 2 atom stereocenters. The topological polar surface area (TPSA) is 29.1 Å². The molecule has 1 aliphatic heterocycles. The van der Waals surface area contributed by atoms with Gasteiger partial charge in [-0.15, -0.1) is 23.4 Å². The molecule has 2 nitrogen and oxygen atoms in total. The highest BCUT2D eigenvalue weighted by Crippen LogP contribution is 2.39. The molecule has 0 saturated carbocycles. The van der Waals surface area contributed by atoms with Crippen molar-refractivity contribution in [2.45, 2.75) is 29.5 Å². The van der Waals surface area contributed by atoms with Crippen LogP contribution in [0.3, 0.4) is 0 Å². The molecule has 17 heavy (non-hydrogen) atoms. The van der Waals surface area contributed by atoms with Crippen molar-refractivity contribution in [3.05, 3.63) is 29.8 Å². The van der Waals surface area contributed by atoms with Crippen molar-refractivity contribution in [2.24, 2.45) is 0 Å². The standard InChI is InChI=1S/C13H16ClNOS/c1-9(14)6-7-15-13(16)11-8-17-12-5-3-2-4-10(11)12/h2-5,9,11H,6-8H2,1H3,(H,15,16). The van der Waals surface area contributed by atoms with Crippen LogP contribution >= 0.6 is 23.4 Å². The van der Waals surface area contributed by atoms with Gasteiger partial charge in [-0.05, 0) is 25.0 Å². The first-order valence-electron chi connectivity index (χ1n) is 5.82. The largest absolute Gasteiger partial charge is 0.355 e. The maximum Gasteiger partial charge on any atom is 0.228 e. The zero-order valence-corrected chi connectivity index (χ0v) is 11.4. The Balaban J connectivity index is 1.93. The molecule has 1 heterocycles. The van der Waals surface area contributed by atoms with Crippen molar-refractivity contribution < 1.29 is 4.79 Å². The Kier molecular flexibility index (Phi) is 4.35. The first-order chi connectivity index (χ1) is 8.18. The molecule has 1 aromatic rings. The lowest BCUT2D eigenvalue weighted by Gasteiger charge is -2.12. The first kappa shape index (κ1) is 12.8. The monoisotopic (exact) mass is 269 g/mol. The fourth-order valence-electron chi connectivity index (χ4n) is 1.90. The number of rotatable bonds is 4. The Bertz CT molecular complexity index is 408. The third-order valence-corrected chi connectivity index (χ3v) is 4.26. The fraction of sp³-hybridized carbons (Fsp3) is 0.462. The minimum atomic E-state index is 0.00170. The van der Waals surface area contributed by atoms with Gasteiger partial charge >= 0.3 is 0 Å². The van der Waals surface area contributed by atoms with Gasteiger partial charge in [0.2, 0.25) is 5.91 Å². The number of fused-ring (bicyclic) bond motifs is 1. The molecule has 0 aliphatic carbocycles. The summed E-state index contributed by atoms with van der Waals surface area (Å²) in [6.07, 6.45) is 0.814. The number of thioether (sulfide) groups is 1. The van der Waals surface area contributed by atoms with Gasteiger partial charge in [0.25, 0.3) is 0 Å². The lowest BCUT2D eigenvalue weighted by atomic mass is 10.0. The van der Waals surface area contributed by atoms with Crippen LogP contribution in [0.25, 0.3) is 0 Å². The SMILES string of the molecule is CC(Cl)CCNC(=O)C1CSc2ccccc21. The molecule has 1 N–H and O–H groups in total. The van der Waals surface area contributed by atoms with Gasteiger partial charge in [-0.3, -0.25) is 4.79 Å². The predicted molar refractivity (Wildman–Crippen MR) is 72.8 cm³/mol. The van der Waals surface area contributed by atoms with Gasteiger partial charge in [0.15, 0.2) is 0 Å². The molecule has 1 aliphatic rings. The summed E-state index contributed by atoms with van der Waals surface area (Å²) in [7, 11) is 0. The van der Waals surface area contributed by atoms with Crippen LogP contribution in [0.5, 0.6) is 0 Å². The van der Waals surface area contributed by atoms with Gasteiger partial charge in [-0.2, -0.15) is 0 Å². The summed E-state index contributed by atoms with van der Waals surface area (Å²) in [4.78, 5) is 13.3. The molecule has 0 saturated heterocycles. The second-order valence-electron chi connectivity index (χ2n) is 4.26. The van der Waals surface area contributed by atoms with E-state index in [2.05, 4.69) is 11.4 Å². The van der Waals surface area contributed by atoms with Crippen molar-refractivity contribution in [3.63, 3.8) is 0 Å². The van der Waals surface area contributed by atoms with Crippen LogP contribution in [0.1, 0.15) is 24.8 Å². The Morgan fingerprint density at radius 1 is 1.59 bits per heavy atom. The molecule has 0 bridgehead atoms. The Labute approximate surface area is 111 Å². The van der Waals surface area contributed by atoms with Crippen LogP contribution in [0.2, 0.25) is 0 Å². The summed E-state index contributed by atoms with van der Waals surface area (Å²) >= 11 is 7.60. The van der Waals surface area contributed by atoms with Crippen molar-refractivity contribution in [2.75, 3.05) is 12.3 Å². The van der Waals surface area contributed by atoms with E-state index in [0.717, 1.165) is 17.7 Å². The number of halogens is 1. The summed E-state index contributed by atoms with van der Waals surface area (Å²) < 4.78 is 0. The maximum atomic E-state index is 12.0. The Hall–Kier alpha value is -0.670. The average molecular weight is 270 g/mol. The van der Waals surface area contributed by atoms with E-state index < -0.39 is 0 Å². The number of carbonyl (C=O) groups excluding carboxylic acids is 1. The average Bonchev–Trinajstić information content (AvgIpc) is 2.72. The molecule has 0 fully saturated rings.